The van der Waals surface area contributed by atoms with E-state index in [1.54, 1.807) is 186 Å². The number of benzene rings is 7. The van der Waals surface area contributed by atoms with Crippen LogP contribution in [0, 0.1) is 91.7 Å². The zero-order chi connectivity index (χ0) is 106. The molecule has 4 fully saturated rings. The number of carboxylic acid groups (broad SMARTS) is 1. The summed E-state index contributed by atoms with van der Waals surface area (Å²) in [6.07, 6.45) is 28.9. The Morgan fingerprint density at radius 1 is 0.500 bits per heavy atom. The molecular formula is C114H131BrF4MgN20O8Si2. The Labute approximate surface area is 903 Å². The predicted molar refractivity (Wildman–Crippen MR) is 579 cm³/mol. The van der Waals surface area contributed by atoms with E-state index in [0.29, 0.717) is 136 Å². The summed E-state index contributed by atoms with van der Waals surface area (Å²) in [5.74, 6) is -0.966. The topological polar surface area (TPSA) is 426 Å². The summed E-state index contributed by atoms with van der Waals surface area (Å²) < 4.78 is 63.8. The third kappa shape index (κ3) is 33.5. The van der Waals surface area contributed by atoms with Gasteiger partial charge in [0.05, 0.1) is 69.4 Å². The average Bonchev–Trinajstić information content (AvgIpc) is 1.35. The molecule has 36 heteroatoms. The number of hydrogen-bond donors (Lipinski definition) is 11. The van der Waals surface area contributed by atoms with E-state index in [9.17, 15) is 52.1 Å². The van der Waals surface area contributed by atoms with E-state index in [1.165, 1.54) is 88.3 Å². The number of nitrogen functional groups attached to an aromatic ring is 1. The van der Waals surface area contributed by atoms with Crippen LogP contribution in [0.25, 0.3) is 21.9 Å². The Kier molecular flexibility index (Phi) is 43.7. The fourth-order valence-electron chi connectivity index (χ4n) is 17.4. The number of carbonyl (C=O) groups is 4. The number of nitrogens with two attached hydrogens (primary N) is 4. The summed E-state index contributed by atoms with van der Waals surface area (Å²) in [5, 5.41) is 74.1. The van der Waals surface area contributed by atoms with Gasteiger partial charge < -0.3 is 80.5 Å². The number of carboxylic acids is 1. The number of Topliss-reactive ketones (excluding diaryl/α,β-unsaturated/α-hetero) is 1. The number of ketones is 1. The first kappa shape index (κ1) is 118. The van der Waals surface area contributed by atoms with Gasteiger partial charge >= 0.3 is 29.0 Å². The van der Waals surface area contributed by atoms with E-state index in [2.05, 4.69) is 106 Å². The van der Waals surface area contributed by atoms with Crippen molar-refractivity contribution < 1.29 is 74.1 Å². The first-order valence-corrected chi connectivity index (χ1v) is 56.6. The minimum Gasteiger partial charge on any atom is -1.00 e. The molecule has 28 nitrogen and oxygen atoms in total. The number of nitrogens with one attached hydrogen (secondary N) is 3. The first-order chi connectivity index (χ1) is 70.9. The number of aliphatic hydroxyl groups is 3. The van der Waals surface area contributed by atoms with Gasteiger partial charge in [0.1, 0.15) is 62.1 Å². The minimum atomic E-state index is -1.56. The summed E-state index contributed by atoms with van der Waals surface area (Å²) in [4.78, 5) is 69.0. The Hall–Kier alpha value is -13.5. The number of amides is 2. The Bertz CT molecular complexity index is 6890. The molecule has 150 heavy (non-hydrogen) atoms. The van der Waals surface area contributed by atoms with Crippen LogP contribution in [0.2, 0.25) is 39.3 Å². The third-order valence-electron chi connectivity index (χ3n) is 25.6. The SMILES string of the molecule is C[Si](C)(C)N(c1c[c-]ccc1F)[Si](C)(C)C.Cc1cc(C(=O)Nc2cc(C(O)(CCC3CC3)c3cccnc3)ccc2F)n(-c2cccc(CN)c2)n1.Cc1cc(C(=O)O)n(-c2cccc(C#N)c2)n1.NCCNCCN.Nc1cc(C(O)(CCC2CC2)c2cccnc2)ccc1F.O=C(CCC1CC1)c1cccnc1.[Br-].[C-]#[N+]c1cccc(-n2nc(C)cc2C(=O)Nc2cc(C(O)(CCC3CC3)c3cccnc3)ccc2F)c1.[Mg+2]. The van der Waals surface area contributed by atoms with Crippen molar-refractivity contribution in [2.24, 2.45) is 40.9 Å². The second-order valence-corrected chi connectivity index (χ2v) is 49.6. The quantitative estimate of drug-likeness (QED) is 0.00439. The molecule has 15 N–H and O–H groups in total. The van der Waals surface area contributed by atoms with Crippen LogP contribution in [-0.2, 0) is 23.3 Å². The van der Waals surface area contributed by atoms with Gasteiger partial charge in [-0.05, 0) is 239 Å². The first-order valence-electron chi connectivity index (χ1n) is 49.7. The summed E-state index contributed by atoms with van der Waals surface area (Å²) in [7, 11) is -3.12. The van der Waals surface area contributed by atoms with Gasteiger partial charge in [0.25, 0.3) is 11.8 Å². The predicted octanol–water partition coefficient (Wildman–Crippen LogP) is 17.4. The van der Waals surface area contributed by atoms with E-state index in [-0.39, 0.29) is 85.8 Å². The Balaban J connectivity index is 0.000000188. The number of nitrogens with zero attached hydrogens (tertiary/aromatic N) is 13. The van der Waals surface area contributed by atoms with Crippen molar-refractivity contribution in [3.05, 3.63) is 387 Å². The number of rotatable bonds is 35. The largest absolute Gasteiger partial charge is 2.00 e. The van der Waals surface area contributed by atoms with Crippen molar-refractivity contribution in [1.29, 1.82) is 5.26 Å². The third-order valence-corrected chi connectivity index (χ3v) is 32.8. The van der Waals surface area contributed by atoms with Crippen LogP contribution in [-0.4, -0.2) is 159 Å². The fraction of sp³-hybridized carbons (Fsp3) is 0.325. The van der Waals surface area contributed by atoms with Crippen LogP contribution in [0.5, 0.6) is 0 Å². The van der Waals surface area contributed by atoms with Crippen LogP contribution in [0.15, 0.2) is 262 Å². The van der Waals surface area contributed by atoms with Crippen LogP contribution >= 0.6 is 0 Å². The molecule has 0 spiro atoms. The number of nitriles is 1. The van der Waals surface area contributed by atoms with Gasteiger partial charge in [-0.25, -0.2) is 41.2 Å². The second kappa shape index (κ2) is 55.4. The summed E-state index contributed by atoms with van der Waals surface area (Å²) in [6.45, 7) is 29.6. The summed E-state index contributed by atoms with van der Waals surface area (Å²) in [6, 6.07) is 63.0. The number of pyridine rings is 4. The van der Waals surface area contributed by atoms with Gasteiger partial charge in [-0.15, -0.1) is 6.07 Å². The second-order valence-electron chi connectivity index (χ2n) is 39.5. The normalized spacial score (nSPS) is 14.0. The maximum absolute atomic E-state index is 14.9. The molecule has 0 radical (unpaired) electrons. The van der Waals surface area contributed by atoms with E-state index in [4.69, 9.17) is 39.9 Å². The van der Waals surface area contributed by atoms with E-state index < -0.39 is 68.5 Å². The van der Waals surface area contributed by atoms with Crippen molar-refractivity contribution in [2.75, 3.05) is 46.8 Å². The van der Waals surface area contributed by atoms with Gasteiger partial charge in [0.15, 0.2) is 17.2 Å². The molecule has 3 unspecified atom stereocenters. The summed E-state index contributed by atoms with van der Waals surface area (Å²) in [5.41, 5.74) is 28.9. The van der Waals surface area contributed by atoms with Gasteiger partial charge in [-0.1, -0.05) is 163 Å². The van der Waals surface area contributed by atoms with E-state index in [1.807, 2.05) is 54.6 Å². The number of anilines is 4. The van der Waals surface area contributed by atoms with E-state index in [0.717, 1.165) is 92.8 Å². The molecule has 4 aliphatic carbocycles. The van der Waals surface area contributed by atoms with Crippen molar-refractivity contribution >= 4 is 91.5 Å². The number of aromatic nitrogens is 10. The van der Waals surface area contributed by atoms with Gasteiger partial charge in [-0.3, -0.25) is 34.3 Å². The number of halogens is 5. The molecule has 4 saturated carbocycles. The monoisotopic (exact) mass is 2140 g/mol. The van der Waals surface area contributed by atoms with Crippen LogP contribution in [0.1, 0.15) is 206 Å². The fourth-order valence-corrected chi connectivity index (χ4v) is 27.2. The number of hydrogen-bond acceptors (Lipinski definition) is 21. The maximum Gasteiger partial charge on any atom is 2.00 e. The van der Waals surface area contributed by atoms with Gasteiger partial charge in [0, 0.05) is 117 Å². The molecule has 7 aromatic heterocycles. The Morgan fingerprint density at radius 3 is 1.30 bits per heavy atom. The summed E-state index contributed by atoms with van der Waals surface area (Å²) >= 11 is 0. The van der Waals surface area contributed by atoms with Crippen molar-refractivity contribution in [2.45, 2.75) is 186 Å². The van der Waals surface area contributed by atoms with Crippen molar-refractivity contribution in [3.63, 3.8) is 0 Å². The van der Waals surface area contributed by atoms with Crippen LogP contribution in [0.3, 0.4) is 0 Å². The van der Waals surface area contributed by atoms with Gasteiger partial charge in [0.2, 0.25) is 0 Å². The number of aryl methyl sites for hydroxylation is 3. The molecule has 7 heterocycles. The standard InChI is InChI=1S/C29H26FN5O2.C29H30FN5O2.C17H19FN2O.C12H21FNSi2.C12H9N3O2.C11H13NO.C4H13N3.BrH.Mg/c1-19-15-27(35(34-19)24-7-3-6-23(17-24)31-2)28(36)33-26-16-21(10-11-25(26)30)29(37,13-12-20-8-9-20)22-5-4-14-32-18-22;1-19-14-27(35(34-19)24-6-2-4-21(15-24)17-31)28(36)33-26-16-22(9-10-25(26)30)29(37,12-11-20-7-8-20)23-5-3-13-32-18-23;18-15-6-5-13(10-16(15)19)17(21,8-7-12-3-4-12)14-2-1-9-20-11-14;1-15(2,3)14(16(4,5)6)12-10-8-7-9-11(12)13;1-8-5-11(12(16)17)15(14-8)10-4-2-3-9(6-10)7-13;13-11(6-5-9-3-4-9)10-2-1-7-12-8-10;5-1-3-7-4-2-6;;/h3-7,10-11,14-18,20,37H,8-9,12-13H2,1H3,(H,33,36);2-6,9-10,13-16,18,20,37H,7-8,11-12,17,31H2,1H3,(H,33,36);1-2,5-6,9-12,21H,3-4,7-8,19H2;7,9-10H,1-6H3;2-6H,1H3,(H,16,17);1-2,7-9H,3-6H2;7H,1-6H2;1H;/q;;;-1;;;;;+2/p-1. The van der Waals surface area contributed by atoms with Crippen LogP contribution < -0.4 is 60.1 Å². The maximum atomic E-state index is 14.9. The molecule has 7 aromatic carbocycles. The molecule has 780 valence electrons. The smallest absolute Gasteiger partial charge is 1.00 e. The van der Waals surface area contributed by atoms with Crippen molar-refractivity contribution in [1.82, 2.24) is 54.6 Å². The number of carbonyl (C=O) groups excluding carboxylic acids is 3. The number of aromatic carboxylic acids is 1. The molecule has 0 aliphatic heterocycles. The van der Waals surface area contributed by atoms with Gasteiger partial charge in [-0.2, -0.15) is 38.8 Å². The minimum absolute atomic E-state index is 0. The Morgan fingerprint density at radius 2 is 0.907 bits per heavy atom. The van der Waals surface area contributed by atoms with Crippen molar-refractivity contribution in [3.8, 4) is 23.1 Å². The van der Waals surface area contributed by atoms with Crippen LogP contribution in [0.4, 0.5) is 46.0 Å². The molecule has 4 aliphatic rings. The molecule has 0 saturated heterocycles. The molecule has 3 atom stereocenters. The molecule has 2 amide bonds. The zero-order valence-corrected chi connectivity index (χ0v) is 91.1. The van der Waals surface area contributed by atoms with E-state index >= 15 is 0 Å². The zero-order valence-electron chi connectivity index (χ0n) is 86.1. The molecule has 0 bridgehead atoms. The molecule has 18 rings (SSSR count). The average molecular weight is 2150 g/mol. The molecule has 14 aromatic rings. The molecular weight excluding hydrogens is 2010 g/mol.